The second kappa shape index (κ2) is 8.82. The summed E-state index contributed by atoms with van der Waals surface area (Å²) in [6.45, 7) is 8.38. The maximum Gasteiger partial charge on any atom is 0.407 e. The number of hydrogen-bond donors (Lipinski definition) is 2. The molecule has 6 heteroatoms. The second-order valence-electron chi connectivity index (χ2n) is 6.54. The van der Waals surface area contributed by atoms with Gasteiger partial charge in [0.25, 0.3) is 0 Å². The molecule has 0 heterocycles. The summed E-state index contributed by atoms with van der Waals surface area (Å²) in [4.78, 5) is 11.4. The number of benzene rings is 1. The van der Waals surface area contributed by atoms with Gasteiger partial charge in [0.05, 0.1) is 0 Å². The molecule has 0 aliphatic heterocycles. The first-order valence-corrected chi connectivity index (χ1v) is 7.82. The lowest BCUT2D eigenvalue weighted by molar-refractivity contribution is 0.0527. The molecule has 1 amide bonds. The minimum absolute atomic E-state index is 0.0667. The van der Waals surface area contributed by atoms with Gasteiger partial charge in [-0.3, -0.25) is 0 Å². The Morgan fingerprint density at radius 3 is 2.39 bits per heavy atom. The minimum Gasteiger partial charge on any atom is -0.444 e. The van der Waals surface area contributed by atoms with Gasteiger partial charge in [-0.2, -0.15) is 0 Å². The Balaban J connectivity index is 2.22. The third kappa shape index (κ3) is 7.93. The number of alkyl carbamates (subject to hydrolysis) is 1. The third-order valence-corrected chi connectivity index (χ3v) is 3.09. The molecule has 23 heavy (non-hydrogen) atoms. The summed E-state index contributed by atoms with van der Waals surface area (Å²) >= 11 is 0. The summed E-state index contributed by atoms with van der Waals surface area (Å²) in [5.41, 5.74) is -0.417. The molecule has 1 aromatic carbocycles. The Morgan fingerprint density at radius 2 is 1.83 bits per heavy atom. The number of carbonyl (C=O) groups is 1. The molecule has 1 aromatic rings. The molecule has 0 saturated heterocycles. The van der Waals surface area contributed by atoms with Gasteiger partial charge >= 0.3 is 6.09 Å². The molecule has 0 radical (unpaired) electrons. The van der Waals surface area contributed by atoms with E-state index >= 15 is 0 Å². The summed E-state index contributed by atoms with van der Waals surface area (Å²) in [5, 5.41) is 5.84. The fourth-order valence-corrected chi connectivity index (χ4v) is 2.05. The lowest BCUT2D eigenvalue weighted by Gasteiger charge is -2.20. The van der Waals surface area contributed by atoms with Crippen molar-refractivity contribution in [1.82, 2.24) is 10.6 Å². The van der Waals surface area contributed by atoms with E-state index in [-0.39, 0.29) is 18.0 Å². The average Bonchev–Trinajstić information content (AvgIpc) is 2.40. The molecule has 0 aromatic heterocycles. The van der Waals surface area contributed by atoms with Crippen molar-refractivity contribution in [1.29, 1.82) is 0 Å². The molecular formula is C17H26F2N2O2. The van der Waals surface area contributed by atoms with Crippen molar-refractivity contribution in [3.8, 4) is 0 Å². The number of ether oxygens (including phenoxy) is 1. The predicted molar refractivity (Wildman–Crippen MR) is 86.4 cm³/mol. The first-order chi connectivity index (χ1) is 10.7. The number of hydrogen-bond acceptors (Lipinski definition) is 3. The summed E-state index contributed by atoms with van der Waals surface area (Å²) in [7, 11) is 0. The van der Waals surface area contributed by atoms with Crippen molar-refractivity contribution in [2.45, 2.75) is 52.2 Å². The molecule has 4 nitrogen and oxygen atoms in total. The Bertz CT molecular complexity index is 496. The van der Waals surface area contributed by atoms with Gasteiger partial charge in [-0.25, -0.2) is 13.6 Å². The van der Waals surface area contributed by atoms with E-state index in [0.29, 0.717) is 19.5 Å². The van der Waals surface area contributed by atoms with E-state index in [9.17, 15) is 13.6 Å². The van der Waals surface area contributed by atoms with Gasteiger partial charge < -0.3 is 15.4 Å². The van der Waals surface area contributed by atoms with Crippen LogP contribution in [-0.4, -0.2) is 30.8 Å². The molecule has 0 bridgehead atoms. The van der Waals surface area contributed by atoms with E-state index < -0.39 is 23.3 Å². The smallest absolute Gasteiger partial charge is 0.407 e. The number of rotatable bonds is 7. The van der Waals surface area contributed by atoms with Gasteiger partial charge in [0.15, 0.2) is 0 Å². The van der Waals surface area contributed by atoms with Gasteiger partial charge in [-0.05, 0) is 59.2 Å². The molecule has 1 rings (SSSR count). The van der Waals surface area contributed by atoms with Crippen LogP contribution < -0.4 is 10.6 Å². The maximum atomic E-state index is 13.5. The highest BCUT2D eigenvalue weighted by atomic mass is 19.1. The standard InChI is InChI=1S/C17H26F2N2O2/c1-12(11-13-14(18)7-5-8-15(13)19)20-9-6-10-21-16(22)23-17(2,3)4/h5,7-8,12,20H,6,9-11H2,1-4H3,(H,21,22). The molecule has 0 aliphatic rings. The molecule has 0 fully saturated rings. The van der Waals surface area contributed by atoms with Crippen LogP contribution in [0.25, 0.3) is 0 Å². The van der Waals surface area contributed by atoms with E-state index in [1.54, 1.807) is 20.8 Å². The fraction of sp³-hybridized carbons (Fsp3) is 0.588. The van der Waals surface area contributed by atoms with E-state index in [1.165, 1.54) is 18.2 Å². The van der Waals surface area contributed by atoms with Crippen molar-refractivity contribution < 1.29 is 18.3 Å². The zero-order valence-corrected chi connectivity index (χ0v) is 14.2. The van der Waals surface area contributed by atoms with Crippen LogP contribution in [-0.2, 0) is 11.2 Å². The number of halogens is 2. The molecule has 1 unspecified atom stereocenters. The Morgan fingerprint density at radius 1 is 1.22 bits per heavy atom. The first kappa shape index (κ1) is 19.4. The molecule has 0 spiro atoms. The number of nitrogens with one attached hydrogen (secondary N) is 2. The lowest BCUT2D eigenvalue weighted by Crippen LogP contribution is -2.35. The molecular weight excluding hydrogens is 302 g/mol. The van der Waals surface area contributed by atoms with Crippen LogP contribution in [0, 0.1) is 11.6 Å². The fourth-order valence-electron chi connectivity index (χ4n) is 2.05. The average molecular weight is 328 g/mol. The molecule has 0 saturated carbocycles. The quantitative estimate of drug-likeness (QED) is 0.754. The maximum absolute atomic E-state index is 13.5. The highest BCUT2D eigenvalue weighted by Gasteiger charge is 2.15. The van der Waals surface area contributed by atoms with Crippen molar-refractivity contribution in [3.05, 3.63) is 35.4 Å². The third-order valence-electron chi connectivity index (χ3n) is 3.09. The first-order valence-electron chi connectivity index (χ1n) is 7.82. The number of amides is 1. The minimum atomic E-state index is -0.523. The van der Waals surface area contributed by atoms with Gasteiger partial charge in [-0.1, -0.05) is 6.07 Å². The van der Waals surface area contributed by atoms with Gasteiger partial charge in [-0.15, -0.1) is 0 Å². The lowest BCUT2D eigenvalue weighted by atomic mass is 10.1. The van der Waals surface area contributed by atoms with Crippen LogP contribution >= 0.6 is 0 Å². The topological polar surface area (TPSA) is 50.4 Å². The van der Waals surface area contributed by atoms with Crippen molar-refractivity contribution in [2.24, 2.45) is 0 Å². The van der Waals surface area contributed by atoms with Crippen LogP contribution in [0.2, 0.25) is 0 Å². The van der Waals surface area contributed by atoms with Crippen LogP contribution in [0.15, 0.2) is 18.2 Å². The largest absolute Gasteiger partial charge is 0.444 e. The van der Waals surface area contributed by atoms with Crippen molar-refractivity contribution >= 4 is 6.09 Å². The van der Waals surface area contributed by atoms with E-state index in [0.717, 1.165) is 0 Å². The molecule has 2 N–H and O–H groups in total. The zero-order chi connectivity index (χ0) is 17.5. The monoisotopic (exact) mass is 328 g/mol. The summed E-state index contributed by atoms with van der Waals surface area (Å²) in [5.74, 6) is -1.05. The van der Waals surface area contributed by atoms with Crippen LogP contribution in [0.4, 0.5) is 13.6 Å². The van der Waals surface area contributed by atoms with Gasteiger partial charge in [0.2, 0.25) is 0 Å². The van der Waals surface area contributed by atoms with E-state index in [1.807, 2.05) is 6.92 Å². The highest BCUT2D eigenvalue weighted by Crippen LogP contribution is 2.14. The van der Waals surface area contributed by atoms with Crippen LogP contribution in [0.5, 0.6) is 0 Å². The Labute approximate surface area is 136 Å². The molecule has 0 aliphatic carbocycles. The van der Waals surface area contributed by atoms with Gasteiger partial charge in [0.1, 0.15) is 17.2 Å². The predicted octanol–water partition coefficient (Wildman–Crippen LogP) is 3.40. The highest BCUT2D eigenvalue weighted by molar-refractivity contribution is 5.67. The van der Waals surface area contributed by atoms with Crippen LogP contribution in [0.3, 0.4) is 0 Å². The normalized spacial score (nSPS) is 12.8. The Hall–Kier alpha value is -1.69. The zero-order valence-electron chi connectivity index (χ0n) is 14.2. The van der Waals surface area contributed by atoms with Crippen molar-refractivity contribution in [3.63, 3.8) is 0 Å². The summed E-state index contributed by atoms with van der Waals surface area (Å²) in [6.07, 6.45) is 0.528. The molecule has 1 atom stereocenters. The van der Waals surface area contributed by atoms with Crippen molar-refractivity contribution in [2.75, 3.05) is 13.1 Å². The SMILES string of the molecule is CC(Cc1c(F)cccc1F)NCCCNC(=O)OC(C)(C)C. The van der Waals surface area contributed by atoms with E-state index in [4.69, 9.17) is 4.74 Å². The molecule has 130 valence electrons. The summed E-state index contributed by atoms with van der Waals surface area (Å²) < 4.78 is 32.2. The Kier molecular flexibility index (Phi) is 7.42. The van der Waals surface area contributed by atoms with Crippen LogP contribution in [0.1, 0.15) is 39.7 Å². The summed E-state index contributed by atoms with van der Waals surface area (Å²) in [6, 6.07) is 3.81. The second-order valence-corrected chi connectivity index (χ2v) is 6.54. The number of carbonyl (C=O) groups excluding carboxylic acids is 1. The van der Waals surface area contributed by atoms with Gasteiger partial charge in [0, 0.05) is 18.2 Å². The van der Waals surface area contributed by atoms with E-state index in [2.05, 4.69) is 10.6 Å².